The van der Waals surface area contributed by atoms with E-state index in [1.54, 1.807) is 0 Å². The van der Waals surface area contributed by atoms with Gasteiger partial charge in [-0.05, 0) is 80.1 Å². The third-order valence-electron chi connectivity index (χ3n) is 10.3. The number of fused-ring (bicyclic) bond motifs is 5. The SMILES string of the molecule is C=C.CC.CC.CCC1(C)c2ccccc2N2c3nc(-c4c(C)cccc4C)c(-c4c(C)cccc4C)nc3N(c3ccccc3)C2C1C. The number of anilines is 4. The van der Waals surface area contributed by atoms with Crippen LogP contribution in [-0.2, 0) is 5.41 Å². The van der Waals surface area contributed by atoms with E-state index in [-0.39, 0.29) is 11.6 Å². The Hall–Kier alpha value is -4.70. The Morgan fingerprint density at radius 1 is 0.612 bits per heavy atom. The number of hydrogen-bond donors (Lipinski definition) is 0. The maximum atomic E-state index is 5.69. The average Bonchev–Trinajstić information content (AvgIpc) is 3.47. The number of rotatable bonds is 4. The fourth-order valence-electron chi connectivity index (χ4n) is 7.65. The third-order valence-corrected chi connectivity index (χ3v) is 10.3. The first-order valence-electron chi connectivity index (χ1n) is 18.0. The molecule has 3 heterocycles. The van der Waals surface area contributed by atoms with Crippen LogP contribution in [0.1, 0.15) is 82.7 Å². The Morgan fingerprint density at radius 3 is 1.51 bits per heavy atom. The van der Waals surface area contributed by atoms with Crippen LogP contribution in [0, 0.1) is 33.6 Å². The number of hydrogen-bond acceptors (Lipinski definition) is 4. The van der Waals surface area contributed by atoms with E-state index in [0.717, 1.165) is 35.1 Å². The molecule has 4 heteroatoms. The monoisotopic (exact) mass is 652 g/mol. The van der Waals surface area contributed by atoms with E-state index in [0.29, 0.717) is 5.92 Å². The first kappa shape index (κ1) is 37.1. The standard InChI is InChI=1S/C39H40N4.2C2H6.C2H4/c1-8-39(7)28(6)38-42(29-20-10-9-11-21-29)36-37(43(38)31-23-13-12-22-30(31)39)41-35(33-26(4)18-15-19-27(33)5)34(40-36)32-24(2)16-14-17-25(32)3;3*1-2/h9-23,28,38H,8H2,1-7H3;2*1-2H3;1-2H2. The van der Waals surface area contributed by atoms with Gasteiger partial charge in [0.1, 0.15) is 6.17 Å². The fraction of sp³-hybridized carbons (Fsp3) is 0.333. The van der Waals surface area contributed by atoms with Gasteiger partial charge in [-0.1, -0.05) is 121 Å². The largest absolute Gasteiger partial charge is 0.302 e. The average molecular weight is 653 g/mol. The minimum Gasteiger partial charge on any atom is -0.302 e. The predicted molar refractivity (Wildman–Crippen MR) is 214 cm³/mol. The van der Waals surface area contributed by atoms with Gasteiger partial charge in [-0.25, -0.2) is 9.97 Å². The van der Waals surface area contributed by atoms with Gasteiger partial charge in [-0.3, -0.25) is 0 Å². The fourth-order valence-corrected chi connectivity index (χ4v) is 7.65. The van der Waals surface area contributed by atoms with Crippen molar-refractivity contribution in [3.63, 3.8) is 0 Å². The van der Waals surface area contributed by atoms with Gasteiger partial charge in [-0.15, -0.1) is 13.2 Å². The summed E-state index contributed by atoms with van der Waals surface area (Å²) in [6.45, 7) is 29.9. The van der Waals surface area contributed by atoms with Crippen LogP contribution in [0.25, 0.3) is 22.5 Å². The van der Waals surface area contributed by atoms with Crippen LogP contribution in [0.15, 0.2) is 104 Å². The molecule has 7 rings (SSSR count). The molecule has 2 aliphatic heterocycles. The Morgan fingerprint density at radius 2 is 1.04 bits per heavy atom. The summed E-state index contributed by atoms with van der Waals surface area (Å²) in [5.41, 5.74) is 12.8. The van der Waals surface area contributed by atoms with E-state index in [4.69, 9.17) is 9.97 Å². The molecule has 0 amide bonds. The van der Waals surface area contributed by atoms with Gasteiger partial charge < -0.3 is 9.80 Å². The molecule has 49 heavy (non-hydrogen) atoms. The van der Waals surface area contributed by atoms with Crippen molar-refractivity contribution in [1.29, 1.82) is 0 Å². The zero-order valence-electron chi connectivity index (χ0n) is 31.7. The van der Waals surface area contributed by atoms with Crippen molar-refractivity contribution in [1.82, 2.24) is 9.97 Å². The normalized spacial score (nSPS) is 18.3. The summed E-state index contributed by atoms with van der Waals surface area (Å²) in [7, 11) is 0. The Bertz CT molecular complexity index is 1840. The van der Waals surface area contributed by atoms with E-state index >= 15 is 0 Å². The third kappa shape index (κ3) is 6.18. The molecule has 0 radical (unpaired) electrons. The highest BCUT2D eigenvalue weighted by Crippen LogP contribution is 2.58. The molecule has 0 bridgehead atoms. The molecule has 0 saturated heterocycles. The van der Waals surface area contributed by atoms with Gasteiger partial charge in [0.05, 0.1) is 11.4 Å². The van der Waals surface area contributed by atoms with Gasteiger partial charge in [0.2, 0.25) is 0 Å². The summed E-state index contributed by atoms with van der Waals surface area (Å²) in [4.78, 5) is 16.3. The molecule has 5 aromatic rings. The second-order valence-corrected chi connectivity index (χ2v) is 12.7. The lowest BCUT2D eigenvalue weighted by atomic mass is 9.66. The summed E-state index contributed by atoms with van der Waals surface area (Å²) in [6, 6.07) is 32.7. The number of benzene rings is 4. The zero-order valence-corrected chi connectivity index (χ0v) is 31.7. The topological polar surface area (TPSA) is 32.3 Å². The van der Waals surface area contributed by atoms with Gasteiger partial charge in [0.25, 0.3) is 0 Å². The maximum absolute atomic E-state index is 5.69. The lowest BCUT2D eigenvalue weighted by Crippen LogP contribution is -2.54. The summed E-state index contributed by atoms with van der Waals surface area (Å²) >= 11 is 0. The molecule has 1 aromatic heterocycles. The minimum absolute atomic E-state index is 0.00228. The lowest BCUT2D eigenvalue weighted by molar-refractivity contribution is 0.249. The van der Waals surface area contributed by atoms with Crippen molar-refractivity contribution < 1.29 is 0 Å². The number of para-hydroxylation sites is 2. The Labute approximate surface area is 296 Å². The molecule has 0 spiro atoms. The second-order valence-electron chi connectivity index (χ2n) is 12.7. The minimum atomic E-state index is -0.00228. The molecule has 3 atom stereocenters. The lowest BCUT2D eigenvalue weighted by Gasteiger charge is -2.50. The van der Waals surface area contributed by atoms with Crippen LogP contribution >= 0.6 is 0 Å². The summed E-state index contributed by atoms with van der Waals surface area (Å²) < 4.78 is 0. The van der Waals surface area contributed by atoms with Crippen LogP contribution in [0.5, 0.6) is 0 Å². The van der Waals surface area contributed by atoms with E-state index in [2.05, 4.69) is 162 Å². The maximum Gasteiger partial charge on any atom is 0.179 e. The molecule has 256 valence electrons. The van der Waals surface area contributed by atoms with Crippen molar-refractivity contribution >= 4 is 23.0 Å². The summed E-state index contributed by atoms with van der Waals surface area (Å²) in [5.74, 6) is 2.15. The smallest absolute Gasteiger partial charge is 0.179 e. The first-order chi connectivity index (χ1) is 23.8. The van der Waals surface area contributed by atoms with Crippen LogP contribution < -0.4 is 9.80 Å². The quantitative estimate of drug-likeness (QED) is 0.181. The van der Waals surface area contributed by atoms with Crippen LogP contribution in [0.3, 0.4) is 0 Å². The molecule has 4 aromatic carbocycles. The Balaban J connectivity index is 0.000000856. The number of aryl methyl sites for hydroxylation is 4. The van der Waals surface area contributed by atoms with Crippen molar-refractivity contribution in [2.45, 2.75) is 94.2 Å². The summed E-state index contributed by atoms with van der Waals surface area (Å²) in [6.07, 6.45) is 1.09. The highest BCUT2D eigenvalue weighted by molar-refractivity contribution is 5.92. The predicted octanol–water partition coefficient (Wildman–Crippen LogP) is 12.8. The van der Waals surface area contributed by atoms with Gasteiger partial charge in [0, 0.05) is 33.8 Å². The van der Waals surface area contributed by atoms with Crippen LogP contribution in [0.2, 0.25) is 0 Å². The van der Waals surface area contributed by atoms with E-state index in [9.17, 15) is 0 Å². The van der Waals surface area contributed by atoms with E-state index in [1.807, 2.05) is 27.7 Å². The molecule has 0 aliphatic carbocycles. The van der Waals surface area contributed by atoms with Gasteiger partial charge >= 0.3 is 0 Å². The first-order valence-corrected chi connectivity index (χ1v) is 18.0. The molecular formula is C45H56N4. The molecule has 3 unspecified atom stereocenters. The van der Waals surface area contributed by atoms with Crippen molar-refractivity contribution in [2.75, 3.05) is 9.80 Å². The van der Waals surface area contributed by atoms with Crippen molar-refractivity contribution in [3.8, 4) is 22.5 Å². The molecule has 0 saturated carbocycles. The molecule has 2 aliphatic rings. The van der Waals surface area contributed by atoms with Gasteiger partial charge in [0.15, 0.2) is 11.6 Å². The number of nitrogens with zero attached hydrogens (tertiary/aromatic N) is 4. The highest BCUT2D eigenvalue weighted by Gasteiger charge is 2.53. The van der Waals surface area contributed by atoms with E-state index in [1.165, 1.54) is 44.6 Å². The molecule has 0 fully saturated rings. The molecule has 0 N–H and O–H groups in total. The summed E-state index contributed by atoms with van der Waals surface area (Å²) in [5, 5.41) is 0. The van der Waals surface area contributed by atoms with Crippen molar-refractivity contribution in [3.05, 3.63) is 132 Å². The molecule has 4 nitrogen and oxygen atoms in total. The second kappa shape index (κ2) is 15.7. The molecular weight excluding hydrogens is 597 g/mol. The number of aromatic nitrogens is 2. The Kier molecular flexibility index (Phi) is 11.9. The van der Waals surface area contributed by atoms with Crippen molar-refractivity contribution in [2.24, 2.45) is 5.92 Å². The highest BCUT2D eigenvalue weighted by atomic mass is 15.5. The van der Waals surface area contributed by atoms with Gasteiger partial charge in [-0.2, -0.15) is 0 Å². The zero-order chi connectivity index (χ0) is 36.0. The van der Waals surface area contributed by atoms with Crippen LogP contribution in [0.4, 0.5) is 23.0 Å². The van der Waals surface area contributed by atoms with E-state index < -0.39 is 0 Å². The van der Waals surface area contributed by atoms with Crippen LogP contribution in [-0.4, -0.2) is 16.1 Å².